The smallest absolute Gasteiger partial charge is 0.188 e. The molecule has 0 saturated heterocycles. The van der Waals surface area contributed by atoms with E-state index in [0.29, 0.717) is 50.1 Å². The number of benzene rings is 2. The summed E-state index contributed by atoms with van der Waals surface area (Å²) in [5, 5.41) is 43.6. The Morgan fingerprint density at radius 3 is 1.51 bits per heavy atom. The first kappa shape index (κ1) is 31.6. The molecule has 8 N–H and O–H groups in total. The van der Waals surface area contributed by atoms with Crippen LogP contribution >= 0.6 is 12.4 Å². The molecule has 0 fully saturated rings. The third-order valence-corrected chi connectivity index (χ3v) is 7.74. The van der Waals surface area contributed by atoms with Gasteiger partial charge in [-0.05, 0) is 59.4 Å². The van der Waals surface area contributed by atoms with Crippen LogP contribution in [0.25, 0.3) is 33.9 Å². The fourth-order valence-corrected chi connectivity index (χ4v) is 5.32. The number of halogens is 3. The van der Waals surface area contributed by atoms with Crippen molar-refractivity contribution >= 4 is 35.5 Å². The number of aliphatic hydroxyl groups excluding tert-OH is 2. The maximum atomic E-state index is 15.6. The molecule has 2 aromatic carbocycles. The second kappa shape index (κ2) is 13.3. The molecule has 3 heterocycles. The molecule has 0 unspecified atom stereocenters. The van der Waals surface area contributed by atoms with Gasteiger partial charge in [-0.15, -0.1) is 22.6 Å². The van der Waals surface area contributed by atoms with Crippen molar-refractivity contribution in [3.8, 4) is 22.8 Å². The standard InChI is InChI=1S/C29H33F2N9O2.ClH/c30-24-13-19(17-5-9-38(10-6-17)28(32)33)1-3-22(24)26-36-37-27(40(26)21(15-41)16-42)23-4-2-20(14-25(23)31)18-7-11-39(12-8-18)29(34)35;/h1-5,7,13-14,21,41-42H,6,8-12,15-16H2,(H3,32,33)(H3,34,35);1H. The zero-order chi connectivity index (χ0) is 30.0. The fourth-order valence-electron chi connectivity index (χ4n) is 5.32. The van der Waals surface area contributed by atoms with Gasteiger partial charge in [0.25, 0.3) is 0 Å². The van der Waals surface area contributed by atoms with Gasteiger partial charge in [0.2, 0.25) is 0 Å². The van der Waals surface area contributed by atoms with Gasteiger partial charge >= 0.3 is 0 Å². The summed E-state index contributed by atoms with van der Waals surface area (Å²) in [5.41, 5.74) is 14.5. The van der Waals surface area contributed by atoms with Gasteiger partial charge in [0.1, 0.15) is 11.6 Å². The van der Waals surface area contributed by atoms with Gasteiger partial charge in [-0.3, -0.25) is 15.4 Å². The van der Waals surface area contributed by atoms with Crippen molar-refractivity contribution in [2.24, 2.45) is 11.5 Å². The average molecular weight is 614 g/mol. The molecule has 0 bridgehead atoms. The van der Waals surface area contributed by atoms with Crippen LogP contribution in [-0.4, -0.2) is 86.1 Å². The highest BCUT2D eigenvalue weighted by atomic mass is 35.5. The van der Waals surface area contributed by atoms with Crippen LogP contribution in [0.1, 0.15) is 30.0 Å². The second-order valence-electron chi connectivity index (χ2n) is 10.2. The molecule has 11 nitrogen and oxygen atoms in total. The number of nitrogens with one attached hydrogen (secondary N) is 2. The zero-order valence-corrected chi connectivity index (χ0v) is 24.1. The number of nitrogens with two attached hydrogens (primary N) is 2. The van der Waals surface area contributed by atoms with Crippen molar-refractivity contribution in [1.82, 2.24) is 24.6 Å². The van der Waals surface area contributed by atoms with Crippen molar-refractivity contribution in [2.45, 2.75) is 18.9 Å². The van der Waals surface area contributed by atoms with Gasteiger partial charge in [0.15, 0.2) is 23.6 Å². The van der Waals surface area contributed by atoms with Crippen molar-refractivity contribution in [3.63, 3.8) is 0 Å². The van der Waals surface area contributed by atoms with E-state index in [1.54, 1.807) is 34.1 Å². The van der Waals surface area contributed by atoms with E-state index in [-0.39, 0.29) is 47.1 Å². The SMILES string of the molecule is Cl.N=C(N)N1CC=C(c2ccc(-c3nnc(-c4ccc(C5=CCN(C(=N)N)CC5)cc4F)n3C(CO)CO)c(F)c2)CC1. The Labute approximate surface area is 253 Å². The molecule has 0 radical (unpaired) electrons. The molecule has 2 aliphatic rings. The third kappa shape index (κ3) is 6.38. The lowest BCUT2D eigenvalue weighted by molar-refractivity contribution is 0.156. The molecular weight excluding hydrogens is 580 g/mol. The molecule has 0 saturated carbocycles. The molecule has 5 rings (SSSR count). The number of hydrogen-bond acceptors (Lipinski definition) is 6. The molecule has 43 heavy (non-hydrogen) atoms. The Balaban J connectivity index is 0.00000423. The number of aliphatic hydroxyl groups is 2. The molecule has 0 atom stereocenters. The highest BCUT2D eigenvalue weighted by molar-refractivity contribution is 5.85. The normalized spacial score (nSPS) is 15.2. The van der Waals surface area contributed by atoms with Gasteiger partial charge in [-0.25, -0.2) is 8.78 Å². The summed E-state index contributed by atoms with van der Waals surface area (Å²) in [5.74, 6) is -1.10. The summed E-state index contributed by atoms with van der Waals surface area (Å²) in [7, 11) is 0. The second-order valence-corrected chi connectivity index (χ2v) is 10.2. The summed E-state index contributed by atoms with van der Waals surface area (Å²) in [6.07, 6.45) is 5.00. The number of hydrogen-bond donors (Lipinski definition) is 6. The van der Waals surface area contributed by atoms with Crippen LogP contribution in [-0.2, 0) is 0 Å². The van der Waals surface area contributed by atoms with E-state index in [4.69, 9.17) is 22.3 Å². The van der Waals surface area contributed by atoms with E-state index >= 15 is 8.78 Å². The van der Waals surface area contributed by atoms with E-state index in [9.17, 15) is 10.2 Å². The van der Waals surface area contributed by atoms with Crippen LogP contribution in [0.5, 0.6) is 0 Å². The Kier molecular flexibility index (Phi) is 9.79. The lowest BCUT2D eigenvalue weighted by atomic mass is 9.97. The summed E-state index contributed by atoms with van der Waals surface area (Å²) >= 11 is 0. The van der Waals surface area contributed by atoms with E-state index < -0.39 is 30.9 Å². The van der Waals surface area contributed by atoms with Gasteiger partial charge in [0.05, 0.1) is 30.4 Å². The highest BCUT2D eigenvalue weighted by Crippen LogP contribution is 2.34. The predicted octanol–water partition coefficient (Wildman–Crippen LogP) is 2.80. The summed E-state index contributed by atoms with van der Waals surface area (Å²) in [4.78, 5) is 3.42. The van der Waals surface area contributed by atoms with Crippen molar-refractivity contribution in [2.75, 3.05) is 39.4 Å². The van der Waals surface area contributed by atoms with E-state index in [1.807, 2.05) is 12.2 Å². The van der Waals surface area contributed by atoms with Crippen LogP contribution in [0.15, 0.2) is 48.6 Å². The molecule has 0 spiro atoms. The maximum Gasteiger partial charge on any atom is 0.188 e. The quantitative estimate of drug-likeness (QED) is 0.174. The predicted molar refractivity (Wildman–Crippen MR) is 163 cm³/mol. The van der Waals surface area contributed by atoms with Crippen molar-refractivity contribution in [3.05, 3.63) is 71.3 Å². The molecule has 2 aliphatic heterocycles. The largest absolute Gasteiger partial charge is 0.394 e. The molecular formula is C29H34ClF2N9O2. The molecule has 1 aromatic heterocycles. The zero-order valence-electron chi connectivity index (χ0n) is 23.3. The Bertz CT molecular complexity index is 1480. The lowest BCUT2D eigenvalue weighted by Gasteiger charge is -2.26. The number of nitrogens with zero attached hydrogens (tertiary/aromatic N) is 5. The van der Waals surface area contributed by atoms with Gasteiger partial charge < -0.3 is 31.5 Å². The Morgan fingerprint density at radius 2 is 1.21 bits per heavy atom. The van der Waals surface area contributed by atoms with Crippen LogP contribution in [0.2, 0.25) is 0 Å². The van der Waals surface area contributed by atoms with E-state index in [0.717, 1.165) is 11.1 Å². The molecule has 14 heteroatoms. The van der Waals surface area contributed by atoms with Gasteiger partial charge in [-0.1, -0.05) is 24.3 Å². The van der Waals surface area contributed by atoms with Crippen molar-refractivity contribution < 1.29 is 19.0 Å². The Morgan fingerprint density at radius 1 is 0.791 bits per heavy atom. The minimum absolute atomic E-state index is 0. The minimum Gasteiger partial charge on any atom is -0.394 e. The van der Waals surface area contributed by atoms with Crippen LogP contribution < -0.4 is 11.5 Å². The van der Waals surface area contributed by atoms with Gasteiger partial charge in [0, 0.05) is 26.2 Å². The molecule has 228 valence electrons. The van der Waals surface area contributed by atoms with Gasteiger partial charge in [-0.2, -0.15) is 0 Å². The summed E-state index contributed by atoms with van der Waals surface area (Å²) < 4.78 is 32.5. The first-order valence-corrected chi connectivity index (χ1v) is 13.5. The average Bonchev–Trinajstić information content (AvgIpc) is 3.42. The van der Waals surface area contributed by atoms with E-state index in [1.165, 1.54) is 16.7 Å². The monoisotopic (exact) mass is 613 g/mol. The van der Waals surface area contributed by atoms with Crippen LogP contribution in [0.4, 0.5) is 8.78 Å². The summed E-state index contributed by atoms with van der Waals surface area (Å²) in [6, 6.07) is 8.43. The number of aromatic nitrogens is 3. The summed E-state index contributed by atoms with van der Waals surface area (Å²) in [6.45, 7) is 1.00. The van der Waals surface area contributed by atoms with Crippen LogP contribution in [0.3, 0.4) is 0 Å². The lowest BCUT2D eigenvalue weighted by Crippen LogP contribution is -2.39. The minimum atomic E-state index is -0.944. The first-order chi connectivity index (χ1) is 20.2. The number of rotatable bonds is 7. The molecule has 3 aromatic rings. The first-order valence-electron chi connectivity index (χ1n) is 13.5. The highest BCUT2D eigenvalue weighted by Gasteiger charge is 2.26. The molecule has 0 aliphatic carbocycles. The molecule has 0 amide bonds. The van der Waals surface area contributed by atoms with Crippen molar-refractivity contribution in [1.29, 1.82) is 10.8 Å². The van der Waals surface area contributed by atoms with Crippen LogP contribution in [0, 0.1) is 22.5 Å². The number of guanidine groups is 2. The topological polar surface area (TPSA) is 177 Å². The fraction of sp³-hybridized carbons (Fsp3) is 0.310. The maximum absolute atomic E-state index is 15.6. The third-order valence-electron chi connectivity index (χ3n) is 7.74. The Hall–Kier alpha value is -4.33. The van der Waals surface area contributed by atoms with E-state index in [2.05, 4.69) is 10.2 Å².